The molecule has 0 saturated heterocycles. The second kappa shape index (κ2) is 7.52. The van der Waals surface area contributed by atoms with Gasteiger partial charge in [0.25, 0.3) is 0 Å². The van der Waals surface area contributed by atoms with E-state index in [0.29, 0.717) is 5.92 Å². The van der Waals surface area contributed by atoms with Gasteiger partial charge in [0.05, 0.1) is 12.2 Å². The predicted molar refractivity (Wildman–Crippen MR) is 98.8 cm³/mol. The molecule has 2 N–H and O–H groups in total. The summed E-state index contributed by atoms with van der Waals surface area (Å²) in [6.45, 7) is 5.04. The van der Waals surface area contributed by atoms with Crippen molar-refractivity contribution in [2.45, 2.75) is 64.0 Å². The summed E-state index contributed by atoms with van der Waals surface area (Å²) < 4.78 is 1.97. The van der Waals surface area contributed by atoms with Crippen molar-refractivity contribution < 1.29 is 0 Å². The maximum atomic E-state index is 5.00. The van der Waals surface area contributed by atoms with Crippen molar-refractivity contribution in [2.24, 2.45) is 0 Å². The molecule has 0 unspecified atom stereocenters. The van der Waals surface area contributed by atoms with Crippen molar-refractivity contribution in [1.29, 1.82) is 0 Å². The van der Waals surface area contributed by atoms with Crippen molar-refractivity contribution in [3.8, 4) is 0 Å². The van der Waals surface area contributed by atoms with E-state index in [-0.39, 0.29) is 6.04 Å². The zero-order valence-corrected chi connectivity index (χ0v) is 15.0. The van der Waals surface area contributed by atoms with E-state index >= 15 is 0 Å². The third-order valence-corrected chi connectivity index (χ3v) is 5.32. The van der Waals surface area contributed by atoms with E-state index in [9.17, 15) is 0 Å². The normalized spacial score (nSPS) is 19.4. The van der Waals surface area contributed by atoms with E-state index in [1.165, 1.54) is 36.9 Å². The number of rotatable bonds is 5. The van der Waals surface area contributed by atoms with Crippen LogP contribution in [0.3, 0.4) is 0 Å². The van der Waals surface area contributed by atoms with Gasteiger partial charge in [-0.05, 0) is 38.8 Å². The maximum absolute atomic E-state index is 5.00. The zero-order valence-electron chi connectivity index (χ0n) is 15.0. The van der Waals surface area contributed by atoms with Crippen LogP contribution in [-0.4, -0.2) is 38.9 Å². The molecule has 134 valence electrons. The average molecular weight is 340 g/mol. The Labute approximate surface area is 149 Å². The first kappa shape index (κ1) is 16.5. The molecule has 1 aliphatic carbocycles. The molecule has 1 atom stereocenters. The lowest BCUT2D eigenvalue weighted by Crippen LogP contribution is -2.25. The Bertz CT molecular complexity index is 690. The van der Waals surface area contributed by atoms with Gasteiger partial charge in [0.2, 0.25) is 0 Å². The highest BCUT2D eigenvalue weighted by Crippen LogP contribution is 2.34. The molecule has 2 aliphatic rings. The van der Waals surface area contributed by atoms with E-state index in [1.54, 1.807) is 0 Å². The minimum Gasteiger partial charge on any atom is -0.365 e. The molecule has 2 aromatic heterocycles. The van der Waals surface area contributed by atoms with Crippen molar-refractivity contribution in [3.05, 3.63) is 35.5 Å². The van der Waals surface area contributed by atoms with Crippen molar-refractivity contribution in [1.82, 2.24) is 25.1 Å². The van der Waals surface area contributed by atoms with Gasteiger partial charge in [0, 0.05) is 42.9 Å². The summed E-state index contributed by atoms with van der Waals surface area (Å²) >= 11 is 0. The molecule has 3 heterocycles. The van der Waals surface area contributed by atoms with Crippen LogP contribution in [0.5, 0.6) is 0 Å². The number of hydrogen-bond donors (Lipinski definition) is 2. The van der Waals surface area contributed by atoms with Crippen LogP contribution in [0.2, 0.25) is 0 Å². The molecule has 4 rings (SSSR count). The number of fused-ring (bicyclic) bond motifs is 1. The fourth-order valence-electron chi connectivity index (χ4n) is 4.02. The van der Waals surface area contributed by atoms with Crippen molar-refractivity contribution in [3.63, 3.8) is 0 Å². The van der Waals surface area contributed by atoms with E-state index in [0.717, 1.165) is 44.1 Å². The Morgan fingerprint density at radius 2 is 2.08 bits per heavy atom. The standard InChI is InChI=1S/C19H28N6/c1-14(13-25-12-4-9-21-25)22-19-16-7-10-20-11-8-17(16)23-18(24-19)15-5-2-3-6-15/h4,9,12,14-15,20H,2-3,5-8,10-11,13H2,1H3,(H,22,23,24)/t14-/m0/s1. The lowest BCUT2D eigenvalue weighted by atomic mass is 10.0. The van der Waals surface area contributed by atoms with Gasteiger partial charge >= 0.3 is 0 Å². The molecule has 6 nitrogen and oxygen atoms in total. The Balaban J connectivity index is 1.60. The van der Waals surface area contributed by atoms with Crippen LogP contribution in [0.25, 0.3) is 0 Å². The van der Waals surface area contributed by atoms with Crippen LogP contribution in [0.15, 0.2) is 18.5 Å². The number of nitrogens with zero attached hydrogens (tertiary/aromatic N) is 4. The average Bonchev–Trinajstić information content (AvgIpc) is 3.25. The summed E-state index contributed by atoms with van der Waals surface area (Å²) in [5.41, 5.74) is 2.55. The van der Waals surface area contributed by atoms with Crippen LogP contribution in [-0.2, 0) is 19.4 Å². The molecular formula is C19H28N6. The van der Waals surface area contributed by atoms with Gasteiger partial charge in [-0.1, -0.05) is 12.8 Å². The first-order valence-corrected chi connectivity index (χ1v) is 9.64. The van der Waals surface area contributed by atoms with Crippen molar-refractivity contribution >= 4 is 5.82 Å². The quantitative estimate of drug-likeness (QED) is 0.875. The molecule has 0 spiro atoms. The van der Waals surface area contributed by atoms with Gasteiger partial charge in [-0.3, -0.25) is 4.68 Å². The molecule has 0 radical (unpaired) electrons. The highest BCUT2D eigenvalue weighted by molar-refractivity contribution is 5.48. The fraction of sp³-hybridized carbons (Fsp3) is 0.632. The summed E-state index contributed by atoms with van der Waals surface area (Å²) in [7, 11) is 0. The summed E-state index contributed by atoms with van der Waals surface area (Å²) in [6, 6.07) is 2.24. The first-order chi connectivity index (χ1) is 12.3. The minimum atomic E-state index is 0.270. The lowest BCUT2D eigenvalue weighted by molar-refractivity contribution is 0.558. The van der Waals surface area contributed by atoms with Gasteiger partial charge in [-0.15, -0.1) is 0 Å². The Hall–Kier alpha value is -1.95. The number of anilines is 1. The molecule has 0 amide bonds. The molecule has 25 heavy (non-hydrogen) atoms. The summed E-state index contributed by atoms with van der Waals surface area (Å²) in [5, 5.41) is 11.5. The summed E-state index contributed by atoms with van der Waals surface area (Å²) in [5.74, 6) is 2.66. The highest BCUT2D eigenvalue weighted by atomic mass is 15.3. The largest absolute Gasteiger partial charge is 0.365 e. The first-order valence-electron chi connectivity index (χ1n) is 9.64. The van der Waals surface area contributed by atoms with Crippen LogP contribution >= 0.6 is 0 Å². The van der Waals surface area contributed by atoms with E-state index in [1.807, 2.05) is 23.1 Å². The number of aromatic nitrogens is 4. The number of nitrogens with one attached hydrogen (secondary N) is 2. The molecule has 2 aromatic rings. The van der Waals surface area contributed by atoms with Gasteiger partial charge in [0.1, 0.15) is 11.6 Å². The molecule has 1 saturated carbocycles. The van der Waals surface area contributed by atoms with Gasteiger partial charge in [-0.2, -0.15) is 5.10 Å². The van der Waals surface area contributed by atoms with Crippen LogP contribution < -0.4 is 10.6 Å². The maximum Gasteiger partial charge on any atom is 0.134 e. The predicted octanol–water partition coefficient (Wildman–Crippen LogP) is 2.52. The Kier molecular flexibility index (Phi) is 4.97. The van der Waals surface area contributed by atoms with Crippen LogP contribution in [0.1, 0.15) is 55.6 Å². The smallest absolute Gasteiger partial charge is 0.134 e. The summed E-state index contributed by atoms with van der Waals surface area (Å²) in [6.07, 6.45) is 10.9. The van der Waals surface area contributed by atoms with E-state index in [4.69, 9.17) is 9.97 Å². The number of hydrogen-bond acceptors (Lipinski definition) is 5. The minimum absolute atomic E-state index is 0.270. The Morgan fingerprint density at radius 3 is 2.88 bits per heavy atom. The van der Waals surface area contributed by atoms with Gasteiger partial charge in [0.15, 0.2) is 0 Å². The highest BCUT2D eigenvalue weighted by Gasteiger charge is 2.24. The molecule has 1 fully saturated rings. The van der Waals surface area contributed by atoms with E-state index in [2.05, 4.69) is 22.7 Å². The second-order valence-corrected chi connectivity index (χ2v) is 7.36. The second-order valence-electron chi connectivity index (χ2n) is 7.36. The lowest BCUT2D eigenvalue weighted by Gasteiger charge is -2.20. The van der Waals surface area contributed by atoms with Gasteiger partial charge in [-0.25, -0.2) is 9.97 Å². The SMILES string of the molecule is C[C@@H](Cn1cccn1)Nc1nc(C2CCCC2)nc2c1CCNCC2. The summed E-state index contributed by atoms with van der Waals surface area (Å²) in [4.78, 5) is 9.99. The van der Waals surface area contributed by atoms with Crippen LogP contribution in [0.4, 0.5) is 5.82 Å². The topological polar surface area (TPSA) is 67.7 Å². The molecule has 6 heteroatoms. The van der Waals surface area contributed by atoms with Crippen LogP contribution in [0, 0.1) is 0 Å². The monoisotopic (exact) mass is 340 g/mol. The molecule has 0 bridgehead atoms. The molecule has 1 aliphatic heterocycles. The third kappa shape index (κ3) is 3.84. The zero-order chi connectivity index (χ0) is 17.1. The molecular weight excluding hydrogens is 312 g/mol. The Morgan fingerprint density at radius 1 is 1.24 bits per heavy atom. The van der Waals surface area contributed by atoms with E-state index < -0.39 is 0 Å². The third-order valence-electron chi connectivity index (χ3n) is 5.32. The van der Waals surface area contributed by atoms with Gasteiger partial charge < -0.3 is 10.6 Å². The fourth-order valence-corrected chi connectivity index (χ4v) is 4.02. The molecule has 0 aromatic carbocycles. The van der Waals surface area contributed by atoms with Crippen molar-refractivity contribution in [2.75, 3.05) is 18.4 Å².